The lowest BCUT2D eigenvalue weighted by atomic mass is 9.97. The summed E-state index contributed by atoms with van der Waals surface area (Å²) in [6, 6.07) is 15.4. The van der Waals surface area contributed by atoms with Gasteiger partial charge >= 0.3 is 12.1 Å². The van der Waals surface area contributed by atoms with Crippen molar-refractivity contribution in [3.63, 3.8) is 0 Å². The Balaban J connectivity index is 1.30. The van der Waals surface area contributed by atoms with E-state index in [0.29, 0.717) is 37.8 Å². The summed E-state index contributed by atoms with van der Waals surface area (Å²) >= 11 is 0. The number of hydrogen-bond donors (Lipinski definition) is 3. The molecule has 1 heterocycles. The largest absolute Gasteiger partial charge is 0.338 e. The Kier molecular flexibility index (Phi) is 7.44. The molecule has 7 heteroatoms. The number of nitrogens with one attached hydrogen (secondary N) is 3. The van der Waals surface area contributed by atoms with Crippen molar-refractivity contribution in [2.45, 2.75) is 19.3 Å². The zero-order valence-corrected chi connectivity index (χ0v) is 16.4. The van der Waals surface area contributed by atoms with Gasteiger partial charge < -0.3 is 20.9 Å². The molecule has 0 bridgehead atoms. The Morgan fingerprint density at radius 1 is 0.966 bits per heavy atom. The van der Waals surface area contributed by atoms with Crippen molar-refractivity contribution < 1.29 is 14.0 Å². The van der Waals surface area contributed by atoms with Gasteiger partial charge in [0.1, 0.15) is 5.82 Å². The topological polar surface area (TPSA) is 73.5 Å². The maximum absolute atomic E-state index is 12.9. The number of anilines is 1. The number of halogens is 1. The Labute approximate surface area is 170 Å². The van der Waals surface area contributed by atoms with Gasteiger partial charge in [-0.15, -0.1) is 0 Å². The van der Waals surface area contributed by atoms with Gasteiger partial charge in [-0.1, -0.05) is 30.3 Å². The fraction of sp³-hybridized carbons (Fsp3) is 0.364. The average Bonchev–Trinajstić information content (AvgIpc) is 2.75. The molecule has 3 N–H and O–H groups in total. The first-order valence-corrected chi connectivity index (χ1v) is 9.97. The van der Waals surface area contributed by atoms with Crippen LogP contribution in [0.3, 0.4) is 0 Å². The predicted molar refractivity (Wildman–Crippen MR) is 111 cm³/mol. The molecular weight excluding hydrogens is 371 g/mol. The van der Waals surface area contributed by atoms with E-state index in [-0.39, 0.29) is 17.9 Å². The summed E-state index contributed by atoms with van der Waals surface area (Å²) in [7, 11) is 0. The van der Waals surface area contributed by atoms with Crippen molar-refractivity contribution >= 4 is 17.7 Å². The molecule has 0 aliphatic carbocycles. The molecule has 1 fully saturated rings. The van der Waals surface area contributed by atoms with Crippen LogP contribution in [-0.4, -0.2) is 43.1 Å². The van der Waals surface area contributed by atoms with Crippen molar-refractivity contribution in [1.82, 2.24) is 15.5 Å². The van der Waals surface area contributed by atoms with Crippen LogP contribution in [0.5, 0.6) is 0 Å². The van der Waals surface area contributed by atoms with E-state index in [0.717, 1.165) is 19.3 Å². The van der Waals surface area contributed by atoms with Gasteiger partial charge in [0.05, 0.1) is 0 Å². The first-order valence-electron chi connectivity index (χ1n) is 9.97. The van der Waals surface area contributed by atoms with Crippen LogP contribution >= 0.6 is 0 Å². The van der Waals surface area contributed by atoms with E-state index in [1.807, 2.05) is 30.3 Å². The molecule has 1 saturated heterocycles. The van der Waals surface area contributed by atoms with E-state index >= 15 is 0 Å². The molecule has 2 aromatic rings. The second-order valence-electron chi connectivity index (χ2n) is 7.24. The molecule has 1 aliphatic heterocycles. The third-order valence-corrected chi connectivity index (χ3v) is 5.09. The van der Waals surface area contributed by atoms with E-state index in [1.54, 1.807) is 17.0 Å². The minimum Gasteiger partial charge on any atom is -0.338 e. The summed E-state index contributed by atoms with van der Waals surface area (Å²) in [5.74, 6) is 0.0187. The van der Waals surface area contributed by atoms with E-state index in [2.05, 4.69) is 16.0 Å². The SMILES string of the molecule is O=C(NCCc1ccccc1)NCC1CCN(C(=O)Nc2ccc(F)cc2)CC1. The Hall–Kier alpha value is -3.09. The van der Waals surface area contributed by atoms with Crippen LogP contribution in [0.15, 0.2) is 54.6 Å². The molecule has 0 radical (unpaired) electrons. The van der Waals surface area contributed by atoms with Gasteiger partial charge in [0.15, 0.2) is 0 Å². The van der Waals surface area contributed by atoms with Crippen molar-refractivity contribution in [3.05, 3.63) is 66.0 Å². The molecule has 1 aliphatic rings. The number of nitrogens with zero attached hydrogens (tertiary/aromatic N) is 1. The summed E-state index contributed by atoms with van der Waals surface area (Å²) in [6.07, 6.45) is 2.47. The summed E-state index contributed by atoms with van der Waals surface area (Å²) in [6.45, 7) is 2.46. The number of piperidine rings is 1. The summed E-state index contributed by atoms with van der Waals surface area (Å²) < 4.78 is 12.9. The monoisotopic (exact) mass is 398 g/mol. The number of rotatable bonds is 6. The number of likely N-dealkylation sites (tertiary alicyclic amines) is 1. The Morgan fingerprint density at radius 3 is 2.34 bits per heavy atom. The van der Waals surface area contributed by atoms with Crippen molar-refractivity contribution in [2.75, 3.05) is 31.5 Å². The van der Waals surface area contributed by atoms with Gasteiger partial charge in [0.25, 0.3) is 0 Å². The standard InChI is InChI=1S/C22H27FN4O2/c23-19-6-8-20(9-7-19)26-22(29)27-14-11-18(12-15-27)16-25-21(28)24-13-10-17-4-2-1-3-5-17/h1-9,18H,10-16H2,(H,26,29)(H2,24,25,28). The number of hydrogen-bond acceptors (Lipinski definition) is 2. The highest BCUT2D eigenvalue weighted by Gasteiger charge is 2.23. The van der Waals surface area contributed by atoms with Crippen LogP contribution in [0.2, 0.25) is 0 Å². The maximum atomic E-state index is 12.9. The number of carbonyl (C=O) groups excluding carboxylic acids is 2. The van der Waals surface area contributed by atoms with Gasteiger partial charge in [-0.3, -0.25) is 0 Å². The molecule has 0 spiro atoms. The number of amides is 4. The predicted octanol–water partition coefficient (Wildman–Crippen LogP) is 3.61. The van der Waals surface area contributed by atoms with E-state index < -0.39 is 0 Å². The minimum atomic E-state index is -0.333. The van der Waals surface area contributed by atoms with Crippen LogP contribution in [-0.2, 0) is 6.42 Å². The van der Waals surface area contributed by atoms with Crippen LogP contribution in [0.25, 0.3) is 0 Å². The molecular formula is C22H27FN4O2. The van der Waals surface area contributed by atoms with E-state index in [4.69, 9.17) is 0 Å². The second-order valence-corrected chi connectivity index (χ2v) is 7.24. The number of benzene rings is 2. The van der Waals surface area contributed by atoms with Crippen molar-refractivity contribution in [2.24, 2.45) is 5.92 Å². The van der Waals surface area contributed by atoms with Gasteiger partial charge in [0.2, 0.25) is 0 Å². The molecule has 0 atom stereocenters. The van der Waals surface area contributed by atoms with Crippen LogP contribution < -0.4 is 16.0 Å². The number of carbonyl (C=O) groups is 2. The van der Waals surface area contributed by atoms with Gasteiger partial charge in [-0.2, -0.15) is 0 Å². The maximum Gasteiger partial charge on any atom is 0.321 e. The lowest BCUT2D eigenvalue weighted by molar-refractivity contribution is 0.181. The molecule has 0 unspecified atom stereocenters. The third-order valence-electron chi connectivity index (χ3n) is 5.09. The molecule has 0 saturated carbocycles. The Morgan fingerprint density at radius 2 is 1.66 bits per heavy atom. The smallest absolute Gasteiger partial charge is 0.321 e. The van der Waals surface area contributed by atoms with E-state index in [9.17, 15) is 14.0 Å². The average molecular weight is 398 g/mol. The highest BCUT2D eigenvalue weighted by Crippen LogP contribution is 2.18. The molecule has 4 amide bonds. The quantitative estimate of drug-likeness (QED) is 0.695. The zero-order chi connectivity index (χ0) is 20.5. The van der Waals surface area contributed by atoms with Gasteiger partial charge in [-0.25, -0.2) is 14.0 Å². The fourth-order valence-electron chi connectivity index (χ4n) is 3.34. The molecule has 154 valence electrons. The lowest BCUT2D eigenvalue weighted by Crippen LogP contribution is -2.45. The van der Waals surface area contributed by atoms with Gasteiger partial charge in [0, 0.05) is 31.9 Å². The van der Waals surface area contributed by atoms with Crippen molar-refractivity contribution in [3.8, 4) is 0 Å². The molecule has 3 rings (SSSR count). The summed E-state index contributed by atoms with van der Waals surface area (Å²) in [5.41, 5.74) is 1.77. The van der Waals surface area contributed by atoms with Gasteiger partial charge in [-0.05, 0) is 55.0 Å². The first kappa shape index (κ1) is 20.6. The molecule has 2 aromatic carbocycles. The second kappa shape index (κ2) is 10.5. The van der Waals surface area contributed by atoms with Crippen LogP contribution in [0, 0.1) is 11.7 Å². The fourth-order valence-corrected chi connectivity index (χ4v) is 3.34. The lowest BCUT2D eigenvalue weighted by Gasteiger charge is -2.32. The first-order chi connectivity index (χ1) is 14.1. The third kappa shape index (κ3) is 6.78. The molecule has 29 heavy (non-hydrogen) atoms. The summed E-state index contributed by atoms with van der Waals surface area (Å²) in [4.78, 5) is 26.0. The van der Waals surface area contributed by atoms with Crippen molar-refractivity contribution in [1.29, 1.82) is 0 Å². The van der Waals surface area contributed by atoms with E-state index in [1.165, 1.54) is 17.7 Å². The summed E-state index contributed by atoms with van der Waals surface area (Å²) in [5, 5.41) is 8.58. The highest BCUT2D eigenvalue weighted by molar-refractivity contribution is 5.89. The van der Waals surface area contributed by atoms with Crippen LogP contribution in [0.1, 0.15) is 18.4 Å². The Bertz CT molecular complexity index is 790. The zero-order valence-electron chi connectivity index (χ0n) is 16.4. The number of urea groups is 2. The molecule has 6 nitrogen and oxygen atoms in total. The molecule has 0 aromatic heterocycles. The van der Waals surface area contributed by atoms with Crippen LogP contribution in [0.4, 0.5) is 19.7 Å². The highest BCUT2D eigenvalue weighted by atomic mass is 19.1. The normalized spacial score (nSPS) is 14.3. The minimum absolute atomic E-state index is 0.155.